The third-order valence-electron chi connectivity index (χ3n) is 5.18. The van der Waals surface area contributed by atoms with E-state index in [0.717, 1.165) is 25.9 Å². The number of carbonyl (C=O) groups is 1. The Morgan fingerprint density at radius 1 is 1.25 bits per heavy atom. The van der Waals surface area contributed by atoms with Crippen molar-refractivity contribution in [2.45, 2.75) is 56.5 Å². The number of hydrogen-bond donors (Lipinski definition) is 1. The molecule has 4 rings (SSSR count). The fourth-order valence-corrected chi connectivity index (χ4v) is 5.09. The van der Waals surface area contributed by atoms with Gasteiger partial charge in [-0.05, 0) is 55.5 Å². The Morgan fingerprint density at radius 3 is 3.10 bits per heavy atom. The predicted octanol–water partition coefficient (Wildman–Crippen LogP) is 2.52. The van der Waals surface area contributed by atoms with Gasteiger partial charge in [0.15, 0.2) is 0 Å². The van der Waals surface area contributed by atoms with E-state index in [1.165, 1.54) is 36.1 Å². The molecule has 3 atom stereocenters. The summed E-state index contributed by atoms with van der Waals surface area (Å²) in [5, 5.41) is 5.82. The summed E-state index contributed by atoms with van der Waals surface area (Å²) in [5.74, 6) is 0.528. The zero-order chi connectivity index (χ0) is 13.5. The molecule has 0 spiro atoms. The van der Waals surface area contributed by atoms with Crippen molar-refractivity contribution in [1.82, 2.24) is 10.2 Å². The minimum Gasteiger partial charge on any atom is -0.341 e. The average molecular weight is 290 g/mol. The molecule has 2 bridgehead atoms. The summed E-state index contributed by atoms with van der Waals surface area (Å²) in [7, 11) is 0. The molecule has 3 heterocycles. The highest BCUT2D eigenvalue weighted by Gasteiger charge is 2.35. The molecule has 3 aliphatic rings. The summed E-state index contributed by atoms with van der Waals surface area (Å²) in [6, 6.07) is 3.38. The first-order chi connectivity index (χ1) is 9.81. The van der Waals surface area contributed by atoms with Gasteiger partial charge in [-0.15, -0.1) is 11.3 Å². The molecule has 3 unspecified atom stereocenters. The second-order valence-electron chi connectivity index (χ2n) is 6.45. The highest BCUT2D eigenvalue weighted by atomic mass is 32.1. The molecule has 2 fully saturated rings. The van der Waals surface area contributed by atoms with Crippen LogP contribution in [0.3, 0.4) is 0 Å². The molecule has 0 radical (unpaired) electrons. The lowest BCUT2D eigenvalue weighted by Crippen LogP contribution is -2.41. The van der Waals surface area contributed by atoms with Gasteiger partial charge in [0.25, 0.3) is 0 Å². The van der Waals surface area contributed by atoms with Gasteiger partial charge in [-0.25, -0.2) is 0 Å². The molecular formula is C16H22N2OS. The number of hydrogen-bond acceptors (Lipinski definition) is 3. The highest BCUT2D eigenvalue weighted by molar-refractivity contribution is 7.10. The maximum Gasteiger partial charge on any atom is 0.230 e. The fourth-order valence-electron chi connectivity index (χ4n) is 4.11. The molecule has 3 nitrogen and oxygen atoms in total. The lowest BCUT2D eigenvalue weighted by Gasteiger charge is -2.30. The molecule has 0 saturated carbocycles. The van der Waals surface area contributed by atoms with Crippen LogP contribution >= 0.6 is 11.3 Å². The molecule has 1 aromatic rings. The van der Waals surface area contributed by atoms with Gasteiger partial charge >= 0.3 is 0 Å². The second-order valence-corrected chi connectivity index (χ2v) is 7.46. The number of thiophene rings is 1. The zero-order valence-electron chi connectivity index (χ0n) is 11.8. The molecule has 1 amide bonds. The first kappa shape index (κ1) is 12.8. The SMILES string of the molecule is O=C(C1CCCc2sccc21)N1CCC2CCC(C1)N2. The van der Waals surface area contributed by atoms with Gasteiger partial charge in [0.05, 0.1) is 5.92 Å². The molecule has 1 aromatic heterocycles. The van der Waals surface area contributed by atoms with Gasteiger partial charge in [-0.2, -0.15) is 0 Å². The van der Waals surface area contributed by atoms with Gasteiger partial charge in [0.1, 0.15) is 0 Å². The van der Waals surface area contributed by atoms with Crippen LogP contribution in [0.1, 0.15) is 48.5 Å². The van der Waals surface area contributed by atoms with E-state index in [4.69, 9.17) is 0 Å². The number of nitrogens with one attached hydrogen (secondary N) is 1. The molecule has 1 N–H and O–H groups in total. The molecule has 108 valence electrons. The number of aryl methyl sites for hydroxylation is 1. The standard InChI is InChI=1S/C16H22N2OS/c19-16(14-2-1-3-15-13(14)7-9-20-15)18-8-6-11-4-5-12(10-18)17-11/h7,9,11-12,14,17H,1-6,8,10H2. The molecule has 2 saturated heterocycles. The summed E-state index contributed by atoms with van der Waals surface area (Å²) >= 11 is 1.83. The normalized spacial score (nSPS) is 32.8. The predicted molar refractivity (Wildman–Crippen MR) is 81.1 cm³/mol. The Hall–Kier alpha value is -0.870. The van der Waals surface area contributed by atoms with Crippen LogP contribution in [-0.2, 0) is 11.2 Å². The molecule has 0 aromatic carbocycles. The van der Waals surface area contributed by atoms with Crippen molar-refractivity contribution in [3.8, 4) is 0 Å². The first-order valence-corrected chi connectivity index (χ1v) is 8.80. The van der Waals surface area contributed by atoms with Crippen LogP contribution in [0.5, 0.6) is 0 Å². The molecule has 2 aliphatic heterocycles. The third kappa shape index (κ3) is 2.19. The number of amides is 1. The summed E-state index contributed by atoms with van der Waals surface area (Å²) in [6.45, 7) is 1.87. The van der Waals surface area contributed by atoms with Crippen molar-refractivity contribution >= 4 is 17.2 Å². The van der Waals surface area contributed by atoms with Crippen LogP contribution in [-0.4, -0.2) is 36.0 Å². The number of rotatable bonds is 1. The third-order valence-corrected chi connectivity index (χ3v) is 6.18. The van der Waals surface area contributed by atoms with Crippen LogP contribution in [0.25, 0.3) is 0 Å². The average Bonchev–Trinajstić information content (AvgIpc) is 3.04. The monoisotopic (exact) mass is 290 g/mol. The maximum atomic E-state index is 12.9. The first-order valence-electron chi connectivity index (χ1n) is 7.92. The minimum atomic E-state index is 0.140. The molecule has 20 heavy (non-hydrogen) atoms. The van der Waals surface area contributed by atoms with Crippen molar-refractivity contribution in [3.63, 3.8) is 0 Å². The number of carbonyl (C=O) groups excluding carboxylic acids is 1. The van der Waals surface area contributed by atoms with Crippen LogP contribution in [0.4, 0.5) is 0 Å². The van der Waals surface area contributed by atoms with E-state index < -0.39 is 0 Å². The van der Waals surface area contributed by atoms with Gasteiger partial charge in [0.2, 0.25) is 5.91 Å². The Labute approximate surface area is 124 Å². The van der Waals surface area contributed by atoms with Gasteiger partial charge < -0.3 is 10.2 Å². The van der Waals surface area contributed by atoms with Crippen LogP contribution in [0, 0.1) is 0 Å². The van der Waals surface area contributed by atoms with Crippen molar-refractivity contribution in [2.24, 2.45) is 0 Å². The van der Waals surface area contributed by atoms with Gasteiger partial charge in [-0.1, -0.05) is 0 Å². The van der Waals surface area contributed by atoms with E-state index >= 15 is 0 Å². The lowest BCUT2D eigenvalue weighted by atomic mass is 9.86. The highest BCUT2D eigenvalue weighted by Crippen LogP contribution is 2.36. The Bertz CT molecular complexity index is 512. The molecule has 1 aliphatic carbocycles. The summed E-state index contributed by atoms with van der Waals surface area (Å²) < 4.78 is 0. The van der Waals surface area contributed by atoms with E-state index in [2.05, 4.69) is 21.7 Å². The van der Waals surface area contributed by atoms with E-state index in [1.54, 1.807) is 0 Å². The summed E-state index contributed by atoms with van der Waals surface area (Å²) in [4.78, 5) is 16.5. The topological polar surface area (TPSA) is 32.3 Å². The number of fused-ring (bicyclic) bond motifs is 3. The van der Waals surface area contributed by atoms with Crippen LogP contribution in [0.2, 0.25) is 0 Å². The van der Waals surface area contributed by atoms with E-state index in [0.29, 0.717) is 18.0 Å². The zero-order valence-corrected chi connectivity index (χ0v) is 12.6. The Morgan fingerprint density at radius 2 is 2.15 bits per heavy atom. The fraction of sp³-hybridized carbons (Fsp3) is 0.688. The maximum absolute atomic E-state index is 12.9. The smallest absolute Gasteiger partial charge is 0.230 e. The quantitative estimate of drug-likeness (QED) is 0.862. The Balaban J connectivity index is 1.53. The van der Waals surface area contributed by atoms with Gasteiger partial charge in [-0.3, -0.25) is 4.79 Å². The molecular weight excluding hydrogens is 268 g/mol. The van der Waals surface area contributed by atoms with Crippen molar-refractivity contribution < 1.29 is 4.79 Å². The van der Waals surface area contributed by atoms with Gasteiger partial charge in [0, 0.05) is 30.1 Å². The molecule has 4 heteroatoms. The number of nitrogens with zero attached hydrogens (tertiary/aromatic N) is 1. The Kier molecular flexibility index (Phi) is 3.31. The van der Waals surface area contributed by atoms with Crippen molar-refractivity contribution in [2.75, 3.05) is 13.1 Å². The van der Waals surface area contributed by atoms with E-state index in [-0.39, 0.29) is 5.92 Å². The van der Waals surface area contributed by atoms with Crippen LogP contribution in [0.15, 0.2) is 11.4 Å². The summed E-state index contributed by atoms with van der Waals surface area (Å²) in [6.07, 6.45) is 7.05. The largest absolute Gasteiger partial charge is 0.341 e. The van der Waals surface area contributed by atoms with Crippen LogP contribution < -0.4 is 5.32 Å². The van der Waals surface area contributed by atoms with E-state index in [9.17, 15) is 4.79 Å². The number of likely N-dealkylation sites (tertiary alicyclic amines) is 1. The summed E-state index contributed by atoms with van der Waals surface area (Å²) in [5.41, 5.74) is 1.33. The second kappa shape index (κ2) is 5.15. The van der Waals surface area contributed by atoms with Crippen molar-refractivity contribution in [3.05, 3.63) is 21.9 Å². The lowest BCUT2D eigenvalue weighted by molar-refractivity contribution is -0.133. The van der Waals surface area contributed by atoms with Crippen molar-refractivity contribution in [1.29, 1.82) is 0 Å². The van der Waals surface area contributed by atoms with E-state index in [1.807, 2.05) is 11.3 Å². The minimum absolute atomic E-state index is 0.140.